The number of allylic oxidation sites excluding steroid dienone is 1. The second-order valence-corrected chi connectivity index (χ2v) is 3.61. The van der Waals surface area contributed by atoms with E-state index < -0.39 is 0 Å². The maximum Gasteiger partial charge on any atom is 0.203 e. The molecule has 0 aliphatic heterocycles. The van der Waals surface area contributed by atoms with E-state index in [1.165, 1.54) is 0 Å². The molecule has 0 atom stereocenters. The predicted molar refractivity (Wildman–Crippen MR) is 64.5 cm³/mol. The zero-order valence-corrected chi connectivity index (χ0v) is 9.87. The maximum atomic E-state index is 11.9. The molecule has 0 aliphatic rings. The zero-order chi connectivity index (χ0) is 12.3. The molecule has 0 aliphatic carbocycles. The lowest BCUT2D eigenvalue weighted by Crippen LogP contribution is -2.07. The van der Waals surface area contributed by atoms with E-state index in [1.807, 2.05) is 20.0 Å². The molecule has 0 saturated heterocycles. The van der Waals surface area contributed by atoms with Crippen LogP contribution in [0, 0.1) is 0 Å². The van der Waals surface area contributed by atoms with Crippen LogP contribution in [0.5, 0.6) is 0 Å². The third-order valence-electron chi connectivity index (χ3n) is 2.53. The Kier molecular flexibility index (Phi) is 3.18. The van der Waals surface area contributed by atoms with Gasteiger partial charge in [-0.05, 0) is 31.2 Å². The van der Waals surface area contributed by atoms with E-state index in [-0.39, 0.29) is 5.78 Å². The van der Waals surface area contributed by atoms with Gasteiger partial charge >= 0.3 is 0 Å². The Morgan fingerprint density at radius 1 is 1.35 bits per heavy atom. The van der Waals surface area contributed by atoms with Crippen LogP contribution in [-0.4, -0.2) is 25.3 Å². The molecule has 17 heavy (non-hydrogen) atoms. The van der Waals surface area contributed by atoms with Crippen LogP contribution < -0.4 is 0 Å². The van der Waals surface area contributed by atoms with Crippen LogP contribution in [0.3, 0.4) is 0 Å². The van der Waals surface area contributed by atoms with Crippen molar-refractivity contribution in [3.63, 3.8) is 0 Å². The zero-order valence-electron chi connectivity index (χ0n) is 9.87. The molecule has 2 heterocycles. The molecule has 0 radical (unpaired) electrons. The fraction of sp³-hybridized carbons (Fsp3) is 0.250. The lowest BCUT2D eigenvalue weighted by molar-refractivity contribution is 0.103. The largest absolute Gasteiger partial charge is 0.288 e. The number of rotatable bonds is 4. The molecule has 0 amide bonds. The van der Waals surface area contributed by atoms with E-state index in [1.54, 1.807) is 40.0 Å². The van der Waals surface area contributed by atoms with Gasteiger partial charge in [-0.3, -0.25) is 14.2 Å². The first-order chi connectivity index (χ1) is 8.22. The van der Waals surface area contributed by atoms with Crippen molar-refractivity contribution in [2.75, 3.05) is 0 Å². The van der Waals surface area contributed by atoms with Crippen LogP contribution in [0.15, 0.2) is 30.6 Å². The molecule has 5 nitrogen and oxygen atoms in total. The smallest absolute Gasteiger partial charge is 0.203 e. The molecule has 0 bridgehead atoms. The molecule has 88 valence electrons. The van der Waals surface area contributed by atoms with Crippen molar-refractivity contribution in [3.8, 4) is 0 Å². The van der Waals surface area contributed by atoms with Crippen LogP contribution in [0.4, 0.5) is 0 Å². The normalized spacial score (nSPS) is 11.2. The minimum absolute atomic E-state index is 0.0504. The Morgan fingerprint density at radius 3 is 2.76 bits per heavy atom. The van der Waals surface area contributed by atoms with Gasteiger partial charge in [0, 0.05) is 26.0 Å². The number of aryl methyl sites for hydroxylation is 2. The fourth-order valence-corrected chi connectivity index (χ4v) is 1.59. The molecular weight excluding hydrogens is 216 g/mol. The van der Waals surface area contributed by atoms with Crippen LogP contribution in [0.1, 0.15) is 23.1 Å². The highest BCUT2D eigenvalue weighted by Gasteiger charge is 2.07. The molecule has 2 rings (SSSR count). The number of nitrogens with zero attached hydrogens (tertiary/aromatic N) is 4. The molecule has 2 aromatic rings. The van der Waals surface area contributed by atoms with Gasteiger partial charge in [-0.15, -0.1) is 0 Å². The van der Waals surface area contributed by atoms with Crippen molar-refractivity contribution >= 4 is 11.9 Å². The number of ketones is 1. The van der Waals surface area contributed by atoms with Crippen molar-refractivity contribution < 1.29 is 4.79 Å². The van der Waals surface area contributed by atoms with Crippen molar-refractivity contribution in [2.24, 2.45) is 7.05 Å². The lowest BCUT2D eigenvalue weighted by atomic mass is 10.2. The first kappa shape index (κ1) is 11.3. The summed E-state index contributed by atoms with van der Waals surface area (Å²) in [5.74, 6) is -0.0504. The number of carbonyl (C=O) groups is 1. The summed E-state index contributed by atoms with van der Waals surface area (Å²) in [5, 5.41) is 8.09. The molecule has 0 spiro atoms. The number of hydrogen-bond acceptors (Lipinski definition) is 3. The van der Waals surface area contributed by atoms with Gasteiger partial charge in [-0.25, -0.2) is 0 Å². The molecule has 0 N–H and O–H groups in total. The summed E-state index contributed by atoms with van der Waals surface area (Å²) in [6.45, 7) is 2.64. The third kappa shape index (κ3) is 2.33. The summed E-state index contributed by atoms with van der Waals surface area (Å²) in [5.41, 5.74) is 1.49. The Morgan fingerprint density at radius 2 is 2.12 bits per heavy atom. The van der Waals surface area contributed by atoms with Gasteiger partial charge in [0.2, 0.25) is 5.78 Å². The van der Waals surface area contributed by atoms with E-state index in [0.29, 0.717) is 12.2 Å². The highest BCUT2D eigenvalue weighted by Crippen LogP contribution is 2.04. The van der Waals surface area contributed by atoms with Crippen LogP contribution in [0.25, 0.3) is 6.08 Å². The summed E-state index contributed by atoms with van der Waals surface area (Å²) < 4.78 is 3.39. The van der Waals surface area contributed by atoms with Crippen molar-refractivity contribution in [1.29, 1.82) is 0 Å². The Bertz CT molecular complexity index is 550. The molecule has 5 heteroatoms. The molecular formula is C12H14N4O. The van der Waals surface area contributed by atoms with E-state index >= 15 is 0 Å². The average Bonchev–Trinajstić information content (AvgIpc) is 2.94. The Labute approximate surface area is 99.4 Å². The molecule has 2 aromatic heterocycles. The van der Waals surface area contributed by atoms with Gasteiger partial charge in [0.05, 0.1) is 5.69 Å². The summed E-state index contributed by atoms with van der Waals surface area (Å²) in [6, 6.07) is 3.57. The third-order valence-corrected chi connectivity index (χ3v) is 2.53. The van der Waals surface area contributed by atoms with Crippen molar-refractivity contribution in [3.05, 3.63) is 42.0 Å². The summed E-state index contributed by atoms with van der Waals surface area (Å²) in [6.07, 6.45) is 6.62. The van der Waals surface area contributed by atoms with Crippen LogP contribution in [-0.2, 0) is 13.6 Å². The maximum absolute atomic E-state index is 11.9. The van der Waals surface area contributed by atoms with Gasteiger partial charge in [-0.1, -0.05) is 0 Å². The highest BCUT2D eigenvalue weighted by molar-refractivity contribution is 6.05. The first-order valence-corrected chi connectivity index (χ1v) is 5.44. The fourth-order valence-electron chi connectivity index (χ4n) is 1.59. The number of hydrogen-bond donors (Lipinski definition) is 0. The van der Waals surface area contributed by atoms with Gasteiger partial charge in [-0.2, -0.15) is 10.2 Å². The van der Waals surface area contributed by atoms with Gasteiger partial charge in [0.1, 0.15) is 5.69 Å². The molecule has 0 fully saturated rings. The minimum atomic E-state index is -0.0504. The molecule has 0 aromatic carbocycles. The molecule has 0 saturated carbocycles. The highest BCUT2D eigenvalue weighted by atomic mass is 16.1. The van der Waals surface area contributed by atoms with Crippen LogP contribution in [0.2, 0.25) is 0 Å². The lowest BCUT2D eigenvalue weighted by Gasteiger charge is -2.00. The van der Waals surface area contributed by atoms with E-state index in [0.717, 1.165) is 5.69 Å². The second-order valence-electron chi connectivity index (χ2n) is 3.61. The van der Waals surface area contributed by atoms with E-state index in [4.69, 9.17) is 0 Å². The van der Waals surface area contributed by atoms with Gasteiger partial charge in [0.15, 0.2) is 0 Å². The van der Waals surface area contributed by atoms with Gasteiger partial charge in [0.25, 0.3) is 0 Å². The average molecular weight is 230 g/mol. The quantitative estimate of drug-likeness (QED) is 0.591. The number of aromatic nitrogens is 4. The summed E-state index contributed by atoms with van der Waals surface area (Å²) in [7, 11) is 1.83. The second kappa shape index (κ2) is 4.78. The molecule has 0 unspecified atom stereocenters. The Balaban J connectivity index is 2.17. The van der Waals surface area contributed by atoms with Crippen molar-refractivity contribution in [1.82, 2.24) is 19.6 Å². The summed E-state index contributed by atoms with van der Waals surface area (Å²) >= 11 is 0. The monoisotopic (exact) mass is 230 g/mol. The van der Waals surface area contributed by atoms with Crippen molar-refractivity contribution in [2.45, 2.75) is 13.5 Å². The predicted octanol–water partition coefficient (Wildman–Crippen LogP) is 1.53. The minimum Gasteiger partial charge on any atom is -0.288 e. The number of carbonyl (C=O) groups excluding carboxylic acids is 1. The van der Waals surface area contributed by atoms with Gasteiger partial charge < -0.3 is 0 Å². The Hall–Kier alpha value is -2.17. The first-order valence-electron chi connectivity index (χ1n) is 5.44. The SMILES string of the molecule is CCn1nccc1C(=O)/C=C/c1ccnn1C. The van der Waals surface area contributed by atoms with Crippen LogP contribution >= 0.6 is 0 Å². The van der Waals surface area contributed by atoms with E-state index in [9.17, 15) is 4.79 Å². The summed E-state index contributed by atoms with van der Waals surface area (Å²) in [4.78, 5) is 11.9. The topological polar surface area (TPSA) is 52.7 Å². The van der Waals surface area contributed by atoms with E-state index in [2.05, 4.69) is 10.2 Å². The standard InChI is InChI=1S/C12H14N4O/c1-3-16-11(7-9-14-16)12(17)5-4-10-6-8-13-15(10)2/h4-9H,3H2,1-2H3/b5-4+.